The standard InChI is InChI=1S/C22H28N2O2/c1-3-5-8-17-11-13-18(14-12-17)15-21(25)23-16-22(26)24-20-10-7-6-9-19(20)4-2/h6-7,9-14H,3-5,8,15-16H2,1-2H3,(H,23,25)(H,24,26). The second kappa shape index (κ2) is 10.4. The summed E-state index contributed by atoms with van der Waals surface area (Å²) in [5.41, 5.74) is 4.14. The number of amides is 2. The fourth-order valence-corrected chi connectivity index (χ4v) is 2.78. The minimum Gasteiger partial charge on any atom is -0.347 e. The number of aryl methyl sites for hydroxylation is 2. The first-order valence-electron chi connectivity index (χ1n) is 9.34. The maximum Gasteiger partial charge on any atom is 0.243 e. The van der Waals surface area contributed by atoms with Gasteiger partial charge in [-0.15, -0.1) is 0 Å². The smallest absolute Gasteiger partial charge is 0.243 e. The van der Waals surface area contributed by atoms with Crippen LogP contribution in [0.25, 0.3) is 0 Å². The van der Waals surface area contributed by atoms with Crippen LogP contribution in [-0.2, 0) is 28.9 Å². The maximum atomic E-state index is 12.1. The molecule has 4 heteroatoms. The predicted octanol–water partition coefficient (Wildman–Crippen LogP) is 3.89. The van der Waals surface area contributed by atoms with Gasteiger partial charge in [-0.1, -0.05) is 62.7 Å². The van der Waals surface area contributed by atoms with Gasteiger partial charge >= 0.3 is 0 Å². The summed E-state index contributed by atoms with van der Waals surface area (Å²) >= 11 is 0. The Balaban J connectivity index is 1.78. The lowest BCUT2D eigenvalue weighted by Crippen LogP contribution is -2.33. The van der Waals surface area contributed by atoms with Crippen molar-refractivity contribution in [1.82, 2.24) is 5.32 Å². The number of carbonyl (C=O) groups is 2. The summed E-state index contributed by atoms with van der Waals surface area (Å²) in [6, 6.07) is 15.8. The maximum absolute atomic E-state index is 12.1. The van der Waals surface area contributed by atoms with E-state index in [0.29, 0.717) is 0 Å². The molecule has 0 aromatic heterocycles. The summed E-state index contributed by atoms with van der Waals surface area (Å²) in [5, 5.41) is 5.54. The first kappa shape index (κ1) is 19.7. The highest BCUT2D eigenvalue weighted by Crippen LogP contribution is 2.15. The summed E-state index contributed by atoms with van der Waals surface area (Å²) in [6.45, 7) is 4.20. The Labute approximate surface area is 156 Å². The summed E-state index contributed by atoms with van der Waals surface area (Å²) in [6.07, 6.45) is 4.55. The molecule has 2 N–H and O–H groups in total. The molecular formula is C22H28N2O2. The Hall–Kier alpha value is -2.62. The van der Waals surface area contributed by atoms with Gasteiger partial charge in [0.25, 0.3) is 0 Å². The van der Waals surface area contributed by atoms with Crippen molar-refractivity contribution in [2.45, 2.75) is 46.0 Å². The second-order valence-electron chi connectivity index (χ2n) is 6.43. The van der Waals surface area contributed by atoms with Crippen molar-refractivity contribution in [3.63, 3.8) is 0 Å². The van der Waals surface area contributed by atoms with Gasteiger partial charge in [-0.3, -0.25) is 9.59 Å². The number of hydrogen-bond acceptors (Lipinski definition) is 2. The van der Waals surface area contributed by atoms with E-state index < -0.39 is 0 Å². The third-order valence-corrected chi connectivity index (χ3v) is 4.33. The lowest BCUT2D eigenvalue weighted by Gasteiger charge is -2.10. The van der Waals surface area contributed by atoms with Gasteiger partial charge < -0.3 is 10.6 Å². The van der Waals surface area contributed by atoms with Gasteiger partial charge in [0.1, 0.15) is 0 Å². The molecule has 0 bridgehead atoms. The number of nitrogens with one attached hydrogen (secondary N) is 2. The highest BCUT2D eigenvalue weighted by Gasteiger charge is 2.08. The molecule has 0 heterocycles. The minimum absolute atomic E-state index is 0.0224. The molecular weight excluding hydrogens is 324 g/mol. The van der Waals surface area contributed by atoms with E-state index >= 15 is 0 Å². The van der Waals surface area contributed by atoms with Crippen molar-refractivity contribution in [3.8, 4) is 0 Å². The molecule has 2 aromatic rings. The van der Waals surface area contributed by atoms with Crippen LogP contribution in [0.3, 0.4) is 0 Å². The molecule has 4 nitrogen and oxygen atoms in total. The third kappa shape index (κ3) is 6.36. The SMILES string of the molecule is CCCCc1ccc(CC(=O)NCC(=O)Nc2ccccc2CC)cc1. The lowest BCUT2D eigenvalue weighted by atomic mass is 10.0. The molecule has 0 saturated carbocycles. The molecule has 2 aromatic carbocycles. The van der Waals surface area contributed by atoms with Crippen LogP contribution in [0.15, 0.2) is 48.5 Å². The van der Waals surface area contributed by atoms with Crippen LogP contribution in [0, 0.1) is 0 Å². The normalized spacial score (nSPS) is 10.4. The summed E-state index contributed by atoms with van der Waals surface area (Å²) < 4.78 is 0. The molecule has 0 unspecified atom stereocenters. The average molecular weight is 352 g/mol. The summed E-state index contributed by atoms with van der Waals surface area (Å²) in [5.74, 6) is -0.362. The quantitative estimate of drug-likeness (QED) is 0.719. The number of benzene rings is 2. The summed E-state index contributed by atoms with van der Waals surface area (Å²) in [4.78, 5) is 24.1. The van der Waals surface area contributed by atoms with Gasteiger partial charge in [-0.2, -0.15) is 0 Å². The van der Waals surface area contributed by atoms with Crippen molar-refractivity contribution in [1.29, 1.82) is 0 Å². The van der Waals surface area contributed by atoms with Crippen molar-refractivity contribution in [2.24, 2.45) is 0 Å². The number of carbonyl (C=O) groups excluding carboxylic acids is 2. The highest BCUT2D eigenvalue weighted by molar-refractivity contribution is 5.95. The molecule has 0 atom stereocenters. The van der Waals surface area contributed by atoms with Gasteiger partial charge in [0.15, 0.2) is 0 Å². The highest BCUT2D eigenvalue weighted by atomic mass is 16.2. The Morgan fingerprint density at radius 2 is 1.58 bits per heavy atom. The van der Waals surface area contributed by atoms with Gasteiger partial charge in [0.2, 0.25) is 11.8 Å². The van der Waals surface area contributed by atoms with E-state index in [1.807, 2.05) is 43.3 Å². The number of para-hydroxylation sites is 1. The van der Waals surface area contributed by atoms with Crippen LogP contribution in [0.1, 0.15) is 43.4 Å². The van der Waals surface area contributed by atoms with Crippen LogP contribution in [0.5, 0.6) is 0 Å². The molecule has 0 spiro atoms. The van der Waals surface area contributed by atoms with Crippen molar-refractivity contribution in [2.75, 3.05) is 11.9 Å². The van der Waals surface area contributed by atoms with Crippen LogP contribution in [-0.4, -0.2) is 18.4 Å². The van der Waals surface area contributed by atoms with E-state index in [1.165, 1.54) is 18.4 Å². The Bertz CT molecular complexity index is 723. The van der Waals surface area contributed by atoms with Crippen molar-refractivity contribution >= 4 is 17.5 Å². The first-order valence-corrected chi connectivity index (χ1v) is 9.34. The fourth-order valence-electron chi connectivity index (χ4n) is 2.78. The topological polar surface area (TPSA) is 58.2 Å². The Morgan fingerprint density at radius 1 is 0.885 bits per heavy atom. The number of anilines is 1. The van der Waals surface area contributed by atoms with Crippen LogP contribution >= 0.6 is 0 Å². The number of hydrogen-bond donors (Lipinski definition) is 2. The molecule has 0 fully saturated rings. The molecule has 26 heavy (non-hydrogen) atoms. The third-order valence-electron chi connectivity index (χ3n) is 4.33. The molecule has 2 rings (SSSR count). The predicted molar refractivity (Wildman–Crippen MR) is 106 cm³/mol. The first-order chi connectivity index (χ1) is 12.6. The fraction of sp³-hybridized carbons (Fsp3) is 0.364. The monoisotopic (exact) mass is 352 g/mol. The molecule has 0 aliphatic carbocycles. The Morgan fingerprint density at radius 3 is 2.27 bits per heavy atom. The zero-order valence-electron chi connectivity index (χ0n) is 15.7. The van der Waals surface area contributed by atoms with Gasteiger partial charge in [0.05, 0.1) is 13.0 Å². The van der Waals surface area contributed by atoms with Crippen LogP contribution < -0.4 is 10.6 Å². The molecule has 0 aliphatic heterocycles. The molecule has 0 saturated heterocycles. The largest absolute Gasteiger partial charge is 0.347 e. The average Bonchev–Trinajstić information content (AvgIpc) is 2.66. The molecule has 0 aliphatic rings. The van der Waals surface area contributed by atoms with Gasteiger partial charge in [0, 0.05) is 5.69 Å². The summed E-state index contributed by atoms with van der Waals surface area (Å²) in [7, 11) is 0. The van der Waals surface area contributed by atoms with E-state index in [2.05, 4.69) is 29.7 Å². The number of rotatable bonds is 9. The van der Waals surface area contributed by atoms with Gasteiger partial charge in [-0.25, -0.2) is 0 Å². The van der Waals surface area contributed by atoms with Crippen molar-refractivity contribution in [3.05, 3.63) is 65.2 Å². The molecule has 2 amide bonds. The molecule has 0 radical (unpaired) electrons. The Kier molecular flexibility index (Phi) is 7.87. The van der Waals surface area contributed by atoms with E-state index in [0.717, 1.165) is 29.7 Å². The van der Waals surface area contributed by atoms with E-state index in [1.54, 1.807) is 0 Å². The van der Waals surface area contributed by atoms with E-state index in [4.69, 9.17) is 0 Å². The number of unbranched alkanes of at least 4 members (excludes halogenated alkanes) is 1. The minimum atomic E-state index is -0.214. The zero-order chi connectivity index (χ0) is 18.8. The lowest BCUT2D eigenvalue weighted by molar-refractivity contribution is -0.123. The van der Waals surface area contributed by atoms with E-state index in [-0.39, 0.29) is 24.8 Å². The van der Waals surface area contributed by atoms with E-state index in [9.17, 15) is 9.59 Å². The van der Waals surface area contributed by atoms with Gasteiger partial charge in [-0.05, 0) is 42.0 Å². The molecule has 138 valence electrons. The van der Waals surface area contributed by atoms with Crippen LogP contribution in [0.4, 0.5) is 5.69 Å². The zero-order valence-corrected chi connectivity index (χ0v) is 15.7. The van der Waals surface area contributed by atoms with Crippen LogP contribution in [0.2, 0.25) is 0 Å². The second-order valence-corrected chi connectivity index (χ2v) is 6.43. The van der Waals surface area contributed by atoms with Crippen molar-refractivity contribution < 1.29 is 9.59 Å².